The van der Waals surface area contributed by atoms with Crippen LogP contribution in [0.4, 0.5) is 5.95 Å². The largest absolute Gasteiger partial charge is 0.378 e. The van der Waals surface area contributed by atoms with Gasteiger partial charge in [-0.25, -0.2) is 9.97 Å². The maximum atomic E-state index is 13.3. The van der Waals surface area contributed by atoms with Gasteiger partial charge in [-0.1, -0.05) is 12.1 Å². The number of ether oxygens (including phenoxy) is 1. The van der Waals surface area contributed by atoms with Gasteiger partial charge in [0.25, 0.3) is 0 Å². The Morgan fingerprint density at radius 2 is 1.93 bits per heavy atom. The molecular weight excluding hydrogens is 356 g/mol. The Balaban J connectivity index is 1.60. The number of carbonyl (C=O) groups excluding carboxylic acids is 1. The molecule has 8 heteroatoms. The molecule has 2 fully saturated rings. The Kier molecular flexibility index (Phi) is 4.35. The van der Waals surface area contributed by atoms with Gasteiger partial charge in [-0.3, -0.25) is 4.79 Å². The first-order chi connectivity index (χ1) is 13.7. The summed E-state index contributed by atoms with van der Waals surface area (Å²) in [5.41, 5.74) is 1.67. The van der Waals surface area contributed by atoms with E-state index in [1.165, 1.54) is 0 Å². The monoisotopic (exact) mass is 380 g/mol. The van der Waals surface area contributed by atoms with Crippen molar-refractivity contribution < 1.29 is 9.53 Å². The fraction of sp³-hybridized carbons (Fsp3) is 0.500. The smallest absolute Gasteiger partial charge is 0.245 e. The van der Waals surface area contributed by atoms with Crippen LogP contribution >= 0.6 is 0 Å². The molecule has 2 aromatic heterocycles. The van der Waals surface area contributed by atoms with Gasteiger partial charge in [0.2, 0.25) is 11.9 Å². The van der Waals surface area contributed by atoms with Crippen LogP contribution in [0.3, 0.4) is 0 Å². The highest BCUT2D eigenvalue weighted by Gasteiger charge is 2.35. The Morgan fingerprint density at radius 3 is 2.79 bits per heavy atom. The summed E-state index contributed by atoms with van der Waals surface area (Å²) < 4.78 is 7.22. The Hall–Kier alpha value is -2.74. The molecule has 146 valence electrons. The number of rotatable bonds is 2. The molecule has 1 amide bonds. The average Bonchev–Trinajstić information content (AvgIpc) is 3.15. The number of piperidine rings is 1. The summed E-state index contributed by atoms with van der Waals surface area (Å²) in [7, 11) is 0. The van der Waals surface area contributed by atoms with E-state index >= 15 is 0 Å². The van der Waals surface area contributed by atoms with E-state index in [2.05, 4.69) is 15.0 Å². The number of fused-ring (bicyclic) bond motifs is 3. The molecule has 0 unspecified atom stereocenters. The predicted molar refractivity (Wildman–Crippen MR) is 105 cm³/mol. The second kappa shape index (κ2) is 7.01. The normalized spacial score (nSPS) is 20.8. The molecule has 0 saturated carbocycles. The lowest BCUT2D eigenvalue weighted by atomic mass is 10.0. The quantitative estimate of drug-likeness (QED) is 0.675. The van der Waals surface area contributed by atoms with Gasteiger partial charge >= 0.3 is 0 Å². The van der Waals surface area contributed by atoms with Crippen molar-refractivity contribution in [3.8, 4) is 0 Å². The van der Waals surface area contributed by atoms with Crippen molar-refractivity contribution >= 4 is 28.4 Å². The van der Waals surface area contributed by atoms with Crippen molar-refractivity contribution in [1.82, 2.24) is 24.5 Å². The molecule has 0 N–H and O–H groups in total. The van der Waals surface area contributed by atoms with E-state index in [1.807, 2.05) is 40.6 Å². The van der Waals surface area contributed by atoms with Crippen LogP contribution in [-0.2, 0) is 9.53 Å². The molecule has 1 aromatic carbocycles. The van der Waals surface area contributed by atoms with E-state index in [-0.39, 0.29) is 11.9 Å². The molecule has 0 spiro atoms. The van der Waals surface area contributed by atoms with Crippen LogP contribution in [0.5, 0.6) is 0 Å². The summed E-state index contributed by atoms with van der Waals surface area (Å²) >= 11 is 0. The Labute approximate surface area is 163 Å². The van der Waals surface area contributed by atoms with Gasteiger partial charge in [0.05, 0.1) is 18.7 Å². The Morgan fingerprint density at radius 1 is 1.11 bits per heavy atom. The summed E-state index contributed by atoms with van der Waals surface area (Å²) in [6.07, 6.45) is 2.92. The number of amides is 1. The van der Waals surface area contributed by atoms with E-state index in [4.69, 9.17) is 9.72 Å². The van der Waals surface area contributed by atoms with Gasteiger partial charge < -0.3 is 14.5 Å². The van der Waals surface area contributed by atoms with Crippen LogP contribution in [-0.4, -0.2) is 69.3 Å². The van der Waals surface area contributed by atoms with Gasteiger partial charge in [-0.15, -0.1) is 5.10 Å². The number of carbonyl (C=O) groups is 1. The molecule has 8 nitrogen and oxygen atoms in total. The summed E-state index contributed by atoms with van der Waals surface area (Å²) in [6, 6.07) is 7.76. The van der Waals surface area contributed by atoms with Crippen LogP contribution in [0.2, 0.25) is 0 Å². The predicted octanol–water partition coefficient (Wildman–Crippen LogP) is 1.80. The molecular formula is C20H24N6O2. The van der Waals surface area contributed by atoms with Crippen LogP contribution < -0.4 is 4.90 Å². The number of hydrogen-bond acceptors (Lipinski definition) is 6. The number of hydrogen-bond donors (Lipinski definition) is 0. The van der Waals surface area contributed by atoms with E-state index in [0.717, 1.165) is 42.4 Å². The first-order valence-corrected chi connectivity index (χ1v) is 9.98. The third kappa shape index (κ3) is 2.88. The lowest BCUT2D eigenvalue weighted by Gasteiger charge is -2.39. The summed E-state index contributed by atoms with van der Waals surface area (Å²) in [5, 5.41) is 5.57. The molecule has 4 heterocycles. The molecule has 2 aliphatic heterocycles. The van der Waals surface area contributed by atoms with Crippen LogP contribution in [0.1, 0.15) is 25.1 Å². The van der Waals surface area contributed by atoms with Crippen LogP contribution in [0.15, 0.2) is 24.3 Å². The van der Waals surface area contributed by atoms with E-state index in [0.29, 0.717) is 38.1 Å². The SMILES string of the molecule is Cc1nc2c3ccccc3nc(N3CCCC[C@@H]3C(=O)N3CCOCC3)n2n1. The van der Waals surface area contributed by atoms with Crippen molar-refractivity contribution in [2.24, 2.45) is 0 Å². The molecule has 28 heavy (non-hydrogen) atoms. The van der Waals surface area contributed by atoms with E-state index in [9.17, 15) is 4.79 Å². The highest BCUT2D eigenvalue weighted by Crippen LogP contribution is 2.28. The van der Waals surface area contributed by atoms with E-state index in [1.54, 1.807) is 0 Å². The molecule has 3 aromatic rings. The zero-order chi connectivity index (χ0) is 19.1. The van der Waals surface area contributed by atoms with Crippen molar-refractivity contribution in [1.29, 1.82) is 0 Å². The lowest BCUT2D eigenvalue weighted by Crippen LogP contribution is -2.54. The molecule has 2 saturated heterocycles. The number of anilines is 1. The topological polar surface area (TPSA) is 75.9 Å². The average molecular weight is 380 g/mol. The summed E-state index contributed by atoms with van der Waals surface area (Å²) in [6.45, 7) is 5.22. The molecule has 2 aliphatic rings. The molecule has 5 rings (SSSR count). The Bertz CT molecular complexity index is 1030. The van der Waals surface area contributed by atoms with Gasteiger partial charge in [-0.2, -0.15) is 4.52 Å². The summed E-state index contributed by atoms with van der Waals surface area (Å²) in [5.74, 6) is 1.58. The third-order valence-electron chi connectivity index (χ3n) is 5.64. The number of morpholine rings is 1. The number of aryl methyl sites for hydroxylation is 1. The van der Waals surface area contributed by atoms with Gasteiger partial charge in [0.1, 0.15) is 11.9 Å². The van der Waals surface area contributed by atoms with Crippen molar-refractivity contribution in [3.05, 3.63) is 30.1 Å². The number of nitrogens with zero attached hydrogens (tertiary/aromatic N) is 6. The molecule has 0 aliphatic carbocycles. The van der Waals surface area contributed by atoms with Crippen molar-refractivity contribution in [2.45, 2.75) is 32.2 Å². The molecule has 1 atom stereocenters. The van der Waals surface area contributed by atoms with Gasteiger partial charge in [0.15, 0.2) is 5.65 Å². The van der Waals surface area contributed by atoms with Crippen LogP contribution in [0, 0.1) is 6.92 Å². The fourth-order valence-electron chi connectivity index (χ4n) is 4.25. The molecule has 0 bridgehead atoms. The highest BCUT2D eigenvalue weighted by molar-refractivity contribution is 5.93. The van der Waals surface area contributed by atoms with Crippen molar-refractivity contribution in [2.75, 3.05) is 37.7 Å². The first kappa shape index (κ1) is 17.4. The van der Waals surface area contributed by atoms with Crippen molar-refractivity contribution in [3.63, 3.8) is 0 Å². The number of aromatic nitrogens is 4. The van der Waals surface area contributed by atoms with E-state index < -0.39 is 0 Å². The van der Waals surface area contributed by atoms with Gasteiger partial charge in [-0.05, 0) is 38.3 Å². The number of para-hydroxylation sites is 1. The highest BCUT2D eigenvalue weighted by atomic mass is 16.5. The van der Waals surface area contributed by atoms with Crippen LogP contribution in [0.25, 0.3) is 16.6 Å². The minimum atomic E-state index is -0.215. The molecule has 0 radical (unpaired) electrons. The standard InChI is InChI=1S/C20H24N6O2/c1-14-21-18-15-6-2-3-7-16(15)22-20(26(18)23-14)25-9-5-4-8-17(25)19(27)24-10-12-28-13-11-24/h2-3,6-7,17H,4-5,8-13H2,1H3/t17-/m1/s1. The minimum absolute atomic E-state index is 0.169. The second-order valence-corrected chi connectivity index (χ2v) is 7.47. The maximum absolute atomic E-state index is 13.3. The lowest BCUT2D eigenvalue weighted by molar-refractivity contribution is -0.137. The second-order valence-electron chi connectivity index (χ2n) is 7.47. The number of benzene rings is 1. The first-order valence-electron chi connectivity index (χ1n) is 9.98. The summed E-state index contributed by atoms with van der Waals surface area (Å²) in [4.78, 5) is 26.9. The zero-order valence-electron chi connectivity index (χ0n) is 16.0. The van der Waals surface area contributed by atoms with Gasteiger partial charge in [0, 0.05) is 25.0 Å². The third-order valence-corrected chi connectivity index (χ3v) is 5.64. The zero-order valence-corrected chi connectivity index (χ0v) is 16.0. The fourth-order valence-corrected chi connectivity index (χ4v) is 4.25. The minimum Gasteiger partial charge on any atom is -0.378 e. The maximum Gasteiger partial charge on any atom is 0.245 e.